The highest BCUT2D eigenvalue weighted by Gasteiger charge is 2.31. The molecular formula is C13H21N3OS. The van der Waals surface area contributed by atoms with E-state index in [-0.39, 0.29) is 11.4 Å². The summed E-state index contributed by atoms with van der Waals surface area (Å²) in [4.78, 5) is 16.3. The van der Waals surface area contributed by atoms with Gasteiger partial charge in [0.1, 0.15) is 10.7 Å². The summed E-state index contributed by atoms with van der Waals surface area (Å²) in [5.74, 6) is 0.709. The van der Waals surface area contributed by atoms with Crippen molar-refractivity contribution in [2.45, 2.75) is 51.6 Å². The molecule has 1 aliphatic rings. The highest BCUT2D eigenvalue weighted by Crippen LogP contribution is 2.31. The molecule has 5 heteroatoms. The molecule has 0 bridgehead atoms. The fourth-order valence-electron chi connectivity index (χ4n) is 2.37. The van der Waals surface area contributed by atoms with Gasteiger partial charge in [-0.05, 0) is 38.5 Å². The van der Waals surface area contributed by atoms with E-state index in [1.54, 1.807) is 5.38 Å². The highest BCUT2D eigenvalue weighted by atomic mass is 32.1. The highest BCUT2D eigenvalue weighted by molar-refractivity contribution is 7.09. The summed E-state index contributed by atoms with van der Waals surface area (Å²) in [6.45, 7) is 4.80. The summed E-state index contributed by atoms with van der Waals surface area (Å²) in [5.41, 5.74) is 5.93. The Morgan fingerprint density at radius 2 is 2.28 bits per heavy atom. The van der Waals surface area contributed by atoms with Gasteiger partial charge in [0.05, 0.1) is 0 Å². The monoisotopic (exact) mass is 267 g/mol. The zero-order chi connectivity index (χ0) is 13.2. The maximum absolute atomic E-state index is 12.1. The molecule has 4 nitrogen and oxygen atoms in total. The van der Waals surface area contributed by atoms with E-state index in [9.17, 15) is 4.79 Å². The molecule has 0 spiro atoms. The van der Waals surface area contributed by atoms with E-state index in [0.717, 1.165) is 23.8 Å². The molecule has 0 saturated heterocycles. The Kier molecular flexibility index (Phi) is 4.02. The van der Waals surface area contributed by atoms with Crippen LogP contribution in [0.4, 0.5) is 0 Å². The summed E-state index contributed by atoms with van der Waals surface area (Å²) in [6.07, 6.45) is 4.46. The van der Waals surface area contributed by atoms with E-state index in [1.165, 1.54) is 24.2 Å². The zero-order valence-electron chi connectivity index (χ0n) is 11.0. The molecule has 100 valence electrons. The van der Waals surface area contributed by atoms with Crippen molar-refractivity contribution < 1.29 is 4.79 Å². The molecule has 0 unspecified atom stereocenters. The smallest absolute Gasteiger partial charge is 0.271 e. The van der Waals surface area contributed by atoms with E-state index >= 15 is 0 Å². The van der Waals surface area contributed by atoms with Gasteiger partial charge in [0.15, 0.2) is 0 Å². The van der Waals surface area contributed by atoms with Crippen LogP contribution in [0, 0.1) is 5.92 Å². The van der Waals surface area contributed by atoms with Crippen LogP contribution in [-0.4, -0.2) is 16.4 Å². The number of rotatable bonds is 3. The number of thiazole rings is 1. The predicted molar refractivity (Wildman–Crippen MR) is 73.5 cm³/mol. The fraction of sp³-hybridized carbons (Fsp3) is 0.692. The largest absolute Gasteiger partial charge is 0.346 e. The Balaban J connectivity index is 1.98. The number of hydrogen-bond donors (Lipinski definition) is 2. The molecule has 1 heterocycles. The molecule has 3 N–H and O–H groups in total. The molecule has 1 fully saturated rings. The first-order valence-corrected chi connectivity index (χ1v) is 7.37. The van der Waals surface area contributed by atoms with Crippen molar-refractivity contribution in [2.75, 3.05) is 0 Å². The normalized spacial score (nSPS) is 28.1. The van der Waals surface area contributed by atoms with Crippen LogP contribution in [-0.2, 0) is 6.54 Å². The van der Waals surface area contributed by atoms with Crippen molar-refractivity contribution in [3.05, 3.63) is 16.1 Å². The van der Waals surface area contributed by atoms with Crippen molar-refractivity contribution in [1.82, 2.24) is 10.3 Å². The number of nitrogens with two attached hydrogens (primary N) is 1. The number of carbonyl (C=O) groups is 1. The molecule has 1 amide bonds. The third-order valence-corrected chi connectivity index (χ3v) is 4.62. The Hall–Kier alpha value is -0.940. The lowest BCUT2D eigenvalue weighted by molar-refractivity contribution is 0.0865. The van der Waals surface area contributed by atoms with Gasteiger partial charge in [-0.2, -0.15) is 0 Å². The Morgan fingerprint density at radius 3 is 2.83 bits per heavy atom. The molecule has 18 heavy (non-hydrogen) atoms. The van der Waals surface area contributed by atoms with Crippen molar-refractivity contribution in [3.8, 4) is 0 Å². The van der Waals surface area contributed by atoms with Crippen molar-refractivity contribution in [1.29, 1.82) is 0 Å². The molecule has 1 aromatic heterocycles. The van der Waals surface area contributed by atoms with E-state index < -0.39 is 0 Å². The van der Waals surface area contributed by atoms with Gasteiger partial charge in [-0.1, -0.05) is 6.92 Å². The molecule has 0 aliphatic heterocycles. The second-order valence-electron chi connectivity index (χ2n) is 5.53. The number of aromatic nitrogens is 1. The van der Waals surface area contributed by atoms with Crippen LogP contribution in [0.2, 0.25) is 0 Å². The van der Waals surface area contributed by atoms with Crippen LogP contribution < -0.4 is 11.1 Å². The van der Waals surface area contributed by atoms with Crippen LogP contribution in [0.15, 0.2) is 5.38 Å². The lowest BCUT2D eigenvalue weighted by atomic mass is 9.78. The third-order valence-electron chi connectivity index (χ3n) is 3.75. The Bertz CT molecular complexity index is 422. The van der Waals surface area contributed by atoms with Crippen molar-refractivity contribution in [2.24, 2.45) is 11.7 Å². The first-order valence-electron chi connectivity index (χ1n) is 6.49. The summed E-state index contributed by atoms with van der Waals surface area (Å²) >= 11 is 1.44. The predicted octanol–water partition coefficient (Wildman–Crippen LogP) is 2.30. The molecule has 1 aromatic rings. The van der Waals surface area contributed by atoms with Gasteiger partial charge in [-0.25, -0.2) is 4.98 Å². The third kappa shape index (κ3) is 3.09. The molecule has 0 radical (unpaired) electrons. The second kappa shape index (κ2) is 5.36. The molecule has 1 saturated carbocycles. The van der Waals surface area contributed by atoms with E-state index in [1.807, 2.05) is 0 Å². The van der Waals surface area contributed by atoms with Crippen LogP contribution in [0.5, 0.6) is 0 Å². The van der Waals surface area contributed by atoms with Gasteiger partial charge in [0.25, 0.3) is 5.91 Å². The van der Waals surface area contributed by atoms with Crippen LogP contribution in [0.1, 0.15) is 55.0 Å². The first kappa shape index (κ1) is 13.5. The van der Waals surface area contributed by atoms with Crippen molar-refractivity contribution >= 4 is 17.2 Å². The van der Waals surface area contributed by atoms with Crippen LogP contribution in [0.25, 0.3) is 0 Å². The number of hydrogen-bond acceptors (Lipinski definition) is 4. The van der Waals surface area contributed by atoms with Gasteiger partial charge in [-0.3, -0.25) is 4.79 Å². The van der Waals surface area contributed by atoms with Gasteiger partial charge >= 0.3 is 0 Å². The SMILES string of the molecule is CC1CCC(C)(NC(=O)c2csc(CN)n2)CC1. The minimum atomic E-state index is -0.0733. The lowest BCUT2D eigenvalue weighted by Gasteiger charge is -2.36. The Labute approximate surface area is 112 Å². The molecule has 0 atom stereocenters. The average Bonchev–Trinajstić information content (AvgIpc) is 2.82. The topological polar surface area (TPSA) is 68.0 Å². The van der Waals surface area contributed by atoms with E-state index in [4.69, 9.17) is 5.73 Å². The minimum Gasteiger partial charge on any atom is -0.346 e. The number of carbonyl (C=O) groups excluding carboxylic acids is 1. The molecule has 1 aliphatic carbocycles. The fourth-order valence-corrected chi connectivity index (χ4v) is 3.03. The van der Waals surface area contributed by atoms with E-state index in [0.29, 0.717) is 12.2 Å². The summed E-state index contributed by atoms with van der Waals surface area (Å²) in [7, 11) is 0. The number of nitrogens with one attached hydrogen (secondary N) is 1. The second-order valence-corrected chi connectivity index (χ2v) is 6.47. The lowest BCUT2D eigenvalue weighted by Crippen LogP contribution is -2.48. The maximum Gasteiger partial charge on any atom is 0.271 e. The van der Waals surface area contributed by atoms with Gasteiger partial charge in [-0.15, -0.1) is 11.3 Å². The quantitative estimate of drug-likeness (QED) is 0.883. The van der Waals surface area contributed by atoms with Gasteiger partial charge < -0.3 is 11.1 Å². The van der Waals surface area contributed by atoms with Gasteiger partial charge in [0, 0.05) is 17.5 Å². The summed E-state index contributed by atoms with van der Waals surface area (Å²) in [6, 6.07) is 0. The summed E-state index contributed by atoms with van der Waals surface area (Å²) in [5, 5.41) is 5.73. The zero-order valence-corrected chi connectivity index (χ0v) is 11.8. The minimum absolute atomic E-state index is 0.0667. The van der Waals surface area contributed by atoms with Gasteiger partial charge in [0.2, 0.25) is 0 Å². The number of amides is 1. The molecule has 2 rings (SSSR count). The maximum atomic E-state index is 12.1. The standard InChI is InChI=1S/C13H21N3OS/c1-9-3-5-13(2,6-4-9)16-12(17)10-8-18-11(7-14)15-10/h8-9H,3-7,14H2,1-2H3,(H,16,17). The van der Waals surface area contributed by atoms with Crippen LogP contribution >= 0.6 is 11.3 Å². The van der Waals surface area contributed by atoms with E-state index in [2.05, 4.69) is 24.1 Å². The molecular weight excluding hydrogens is 246 g/mol. The Morgan fingerprint density at radius 1 is 1.61 bits per heavy atom. The van der Waals surface area contributed by atoms with Crippen molar-refractivity contribution in [3.63, 3.8) is 0 Å². The first-order chi connectivity index (χ1) is 8.52. The summed E-state index contributed by atoms with van der Waals surface area (Å²) < 4.78 is 0. The average molecular weight is 267 g/mol. The van der Waals surface area contributed by atoms with Crippen LogP contribution in [0.3, 0.4) is 0 Å². The number of nitrogens with zero attached hydrogens (tertiary/aromatic N) is 1. The molecule has 0 aromatic carbocycles.